The fourth-order valence-electron chi connectivity index (χ4n) is 3.49. The molecule has 0 aromatic carbocycles. The van der Waals surface area contributed by atoms with Gasteiger partial charge < -0.3 is 5.73 Å². The molecule has 0 bridgehead atoms. The van der Waals surface area contributed by atoms with Gasteiger partial charge in [-0.2, -0.15) is 0 Å². The number of nitrogens with two attached hydrogens (primary N) is 1. The van der Waals surface area contributed by atoms with Gasteiger partial charge in [-0.05, 0) is 43.7 Å². The molecule has 2 atom stereocenters. The third-order valence-electron chi connectivity index (χ3n) is 4.94. The van der Waals surface area contributed by atoms with E-state index in [-0.39, 0.29) is 11.4 Å². The SMILES string of the molecule is CN1C(=O)C[C@@](C)(C2CCCN(Cc3cccs3)C2)N=C1N. The van der Waals surface area contributed by atoms with Crippen LogP contribution in [0.2, 0.25) is 0 Å². The van der Waals surface area contributed by atoms with E-state index in [2.05, 4.69) is 34.3 Å². The predicted molar refractivity (Wildman–Crippen MR) is 89.7 cm³/mol. The Hall–Kier alpha value is -1.40. The Morgan fingerprint density at radius 1 is 1.55 bits per heavy atom. The topological polar surface area (TPSA) is 61.9 Å². The molecule has 1 aromatic heterocycles. The normalized spacial score (nSPS) is 30.5. The molecule has 3 heterocycles. The number of aliphatic imine (C=N–C) groups is 1. The molecular weight excluding hydrogens is 296 g/mol. The highest BCUT2D eigenvalue weighted by molar-refractivity contribution is 7.09. The van der Waals surface area contributed by atoms with E-state index in [0.717, 1.165) is 32.5 Å². The van der Waals surface area contributed by atoms with Crippen LogP contribution in [0.25, 0.3) is 0 Å². The van der Waals surface area contributed by atoms with Crippen molar-refractivity contribution in [1.29, 1.82) is 0 Å². The molecule has 5 nitrogen and oxygen atoms in total. The summed E-state index contributed by atoms with van der Waals surface area (Å²) >= 11 is 1.80. The van der Waals surface area contributed by atoms with Gasteiger partial charge in [0.2, 0.25) is 5.91 Å². The molecule has 0 radical (unpaired) electrons. The molecule has 1 saturated heterocycles. The number of thiophene rings is 1. The van der Waals surface area contributed by atoms with E-state index in [9.17, 15) is 4.79 Å². The molecule has 1 amide bonds. The monoisotopic (exact) mass is 320 g/mol. The van der Waals surface area contributed by atoms with Crippen LogP contribution in [0.3, 0.4) is 0 Å². The van der Waals surface area contributed by atoms with Gasteiger partial charge in [-0.15, -0.1) is 11.3 Å². The molecule has 2 aliphatic heterocycles. The van der Waals surface area contributed by atoms with Crippen molar-refractivity contribution in [2.75, 3.05) is 20.1 Å². The Morgan fingerprint density at radius 3 is 3.05 bits per heavy atom. The zero-order valence-corrected chi connectivity index (χ0v) is 14.1. The molecule has 6 heteroatoms. The van der Waals surface area contributed by atoms with Gasteiger partial charge in [-0.1, -0.05) is 6.07 Å². The average molecular weight is 320 g/mol. The van der Waals surface area contributed by atoms with Crippen LogP contribution in [0, 0.1) is 5.92 Å². The number of likely N-dealkylation sites (tertiary alicyclic amines) is 1. The third-order valence-corrected chi connectivity index (χ3v) is 5.80. The summed E-state index contributed by atoms with van der Waals surface area (Å²) < 4.78 is 0. The van der Waals surface area contributed by atoms with E-state index in [1.54, 1.807) is 18.4 Å². The summed E-state index contributed by atoms with van der Waals surface area (Å²) in [5.74, 6) is 0.817. The van der Waals surface area contributed by atoms with Crippen LogP contribution in [-0.4, -0.2) is 47.3 Å². The molecule has 2 aliphatic rings. The first-order valence-corrected chi connectivity index (χ1v) is 8.72. The Morgan fingerprint density at radius 2 is 2.36 bits per heavy atom. The summed E-state index contributed by atoms with van der Waals surface area (Å²) in [4.78, 5) is 22.2. The highest BCUT2D eigenvalue weighted by Crippen LogP contribution is 2.36. The second-order valence-electron chi connectivity index (χ2n) is 6.61. The lowest BCUT2D eigenvalue weighted by Gasteiger charge is -2.43. The number of carbonyl (C=O) groups excluding carboxylic acids is 1. The van der Waals surface area contributed by atoms with E-state index >= 15 is 0 Å². The van der Waals surface area contributed by atoms with Crippen LogP contribution in [0.15, 0.2) is 22.5 Å². The van der Waals surface area contributed by atoms with Crippen LogP contribution in [-0.2, 0) is 11.3 Å². The summed E-state index contributed by atoms with van der Waals surface area (Å²) in [6, 6.07) is 4.29. The van der Waals surface area contributed by atoms with Crippen molar-refractivity contribution < 1.29 is 4.79 Å². The summed E-state index contributed by atoms with van der Waals surface area (Å²) in [5.41, 5.74) is 5.58. The summed E-state index contributed by atoms with van der Waals surface area (Å²) in [6.45, 7) is 5.20. The first kappa shape index (κ1) is 15.5. The zero-order chi connectivity index (χ0) is 15.7. The molecule has 1 fully saturated rings. The lowest BCUT2D eigenvalue weighted by Crippen LogP contribution is -2.54. The molecule has 1 unspecified atom stereocenters. The molecule has 0 aliphatic carbocycles. The minimum Gasteiger partial charge on any atom is -0.369 e. The number of rotatable bonds is 3. The smallest absolute Gasteiger partial charge is 0.231 e. The minimum atomic E-state index is -0.359. The highest BCUT2D eigenvalue weighted by atomic mass is 32.1. The zero-order valence-electron chi connectivity index (χ0n) is 13.3. The van der Waals surface area contributed by atoms with Crippen molar-refractivity contribution >= 4 is 23.2 Å². The van der Waals surface area contributed by atoms with Crippen molar-refractivity contribution in [1.82, 2.24) is 9.80 Å². The fourth-order valence-corrected chi connectivity index (χ4v) is 4.24. The predicted octanol–water partition coefficient (Wildman–Crippen LogP) is 1.90. The number of carbonyl (C=O) groups is 1. The second kappa shape index (κ2) is 6.01. The molecule has 2 N–H and O–H groups in total. The highest BCUT2D eigenvalue weighted by Gasteiger charge is 2.42. The molecule has 0 saturated carbocycles. The van der Waals surface area contributed by atoms with Gasteiger partial charge in [0.1, 0.15) is 0 Å². The van der Waals surface area contributed by atoms with Crippen molar-refractivity contribution in [2.45, 2.75) is 38.3 Å². The van der Waals surface area contributed by atoms with Gasteiger partial charge in [-0.25, -0.2) is 4.99 Å². The average Bonchev–Trinajstić information content (AvgIpc) is 2.98. The first-order valence-electron chi connectivity index (χ1n) is 7.84. The molecular formula is C16H24N4OS. The van der Waals surface area contributed by atoms with E-state index in [0.29, 0.717) is 18.3 Å². The van der Waals surface area contributed by atoms with E-state index < -0.39 is 0 Å². The maximum Gasteiger partial charge on any atom is 0.231 e. The summed E-state index contributed by atoms with van der Waals surface area (Å²) in [6.07, 6.45) is 2.73. The minimum absolute atomic E-state index is 0.0744. The number of hydrogen-bond acceptors (Lipinski definition) is 5. The fraction of sp³-hybridized carbons (Fsp3) is 0.625. The standard InChI is InChI=1S/C16H24N4OS/c1-16(9-14(21)19(2)15(17)18-16)12-5-3-7-20(10-12)11-13-6-4-8-22-13/h4,6,8,12H,3,5,7,9-11H2,1-2H3,(H2,17,18)/t12?,16-/m0/s1. The second-order valence-corrected chi connectivity index (χ2v) is 7.64. The van der Waals surface area contributed by atoms with Gasteiger partial charge in [0.15, 0.2) is 5.96 Å². The van der Waals surface area contributed by atoms with Gasteiger partial charge in [0, 0.05) is 25.0 Å². The number of nitrogens with zero attached hydrogens (tertiary/aromatic N) is 3. The maximum absolute atomic E-state index is 12.2. The largest absolute Gasteiger partial charge is 0.369 e. The van der Waals surface area contributed by atoms with Crippen molar-refractivity contribution in [3.8, 4) is 0 Å². The lowest BCUT2D eigenvalue weighted by molar-refractivity contribution is -0.129. The molecule has 22 heavy (non-hydrogen) atoms. The van der Waals surface area contributed by atoms with Crippen molar-refractivity contribution in [3.63, 3.8) is 0 Å². The van der Waals surface area contributed by atoms with Gasteiger partial charge in [-0.3, -0.25) is 14.6 Å². The molecule has 120 valence electrons. The molecule has 3 rings (SSSR count). The van der Waals surface area contributed by atoms with Crippen LogP contribution < -0.4 is 5.73 Å². The van der Waals surface area contributed by atoms with E-state index in [4.69, 9.17) is 5.73 Å². The van der Waals surface area contributed by atoms with Crippen LogP contribution >= 0.6 is 11.3 Å². The molecule has 0 spiro atoms. The summed E-state index contributed by atoms with van der Waals surface area (Å²) in [5, 5.41) is 2.12. The van der Waals surface area contributed by atoms with Crippen LogP contribution in [0.5, 0.6) is 0 Å². The lowest BCUT2D eigenvalue weighted by atomic mass is 9.77. The maximum atomic E-state index is 12.2. The van der Waals surface area contributed by atoms with E-state index in [1.807, 2.05) is 0 Å². The Balaban J connectivity index is 1.72. The third kappa shape index (κ3) is 3.03. The van der Waals surface area contributed by atoms with Gasteiger partial charge in [0.05, 0.1) is 12.0 Å². The van der Waals surface area contributed by atoms with Gasteiger partial charge in [0.25, 0.3) is 0 Å². The Kier molecular flexibility index (Phi) is 4.23. The quantitative estimate of drug-likeness (QED) is 0.925. The van der Waals surface area contributed by atoms with E-state index in [1.165, 1.54) is 9.78 Å². The number of piperidine rings is 1. The van der Waals surface area contributed by atoms with Crippen LogP contribution in [0.4, 0.5) is 0 Å². The van der Waals surface area contributed by atoms with Crippen molar-refractivity contribution in [3.05, 3.63) is 22.4 Å². The number of guanidine groups is 1. The number of hydrogen-bond donors (Lipinski definition) is 1. The van der Waals surface area contributed by atoms with Gasteiger partial charge >= 0.3 is 0 Å². The van der Waals surface area contributed by atoms with Crippen LogP contribution in [0.1, 0.15) is 31.1 Å². The molecule has 1 aromatic rings. The van der Waals surface area contributed by atoms with Crippen molar-refractivity contribution in [2.24, 2.45) is 16.6 Å². The number of amides is 1. The first-order chi connectivity index (χ1) is 10.5. The Labute approximate surface area is 135 Å². The summed E-state index contributed by atoms with van der Waals surface area (Å²) in [7, 11) is 1.70. The Bertz CT molecular complexity index is 571.